The van der Waals surface area contributed by atoms with Gasteiger partial charge in [-0.25, -0.2) is 9.18 Å². The molecule has 2 heterocycles. The fourth-order valence-corrected chi connectivity index (χ4v) is 2.04. The predicted molar refractivity (Wildman–Crippen MR) is 77.0 cm³/mol. The fourth-order valence-electron chi connectivity index (χ4n) is 1.80. The van der Waals surface area contributed by atoms with Crippen molar-refractivity contribution < 1.29 is 9.18 Å². The molecule has 0 unspecified atom stereocenters. The van der Waals surface area contributed by atoms with E-state index in [1.165, 1.54) is 22.6 Å². The Morgan fingerprint density at radius 1 is 1.10 bits per heavy atom. The van der Waals surface area contributed by atoms with Gasteiger partial charge in [-0.15, -0.1) is 10.2 Å². The van der Waals surface area contributed by atoms with Gasteiger partial charge in [0.2, 0.25) is 5.95 Å². The molecule has 0 aliphatic heterocycles. The van der Waals surface area contributed by atoms with Gasteiger partial charge in [-0.2, -0.15) is 0 Å². The van der Waals surface area contributed by atoms with Crippen LogP contribution in [0, 0.1) is 5.82 Å². The summed E-state index contributed by atoms with van der Waals surface area (Å²) in [4.78, 5) is 11.9. The van der Waals surface area contributed by atoms with Gasteiger partial charge in [-0.1, -0.05) is 29.8 Å². The molecule has 6 nitrogen and oxygen atoms in total. The van der Waals surface area contributed by atoms with E-state index in [0.717, 1.165) is 0 Å². The standard InChI is InChI=1S/C13H9ClFN5O/c14-10-6-3-7-11-18-19-12(20(10)11)17-13(21)16-9-5-2-1-4-8(9)15/h1-7H,(H2,16,17,19,21). The monoisotopic (exact) mass is 305 g/mol. The molecule has 0 atom stereocenters. The highest BCUT2D eigenvalue weighted by molar-refractivity contribution is 6.30. The number of amides is 2. The molecule has 106 valence electrons. The Bertz CT molecular complexity index is 819. The lowest BCUT2D eigenvalue weighted by Gasteiger charge is -2.07. The highest BCUT2D eigenvalue weighted by Gasteiger charge is 2.12. The van der Waals surface area contributed by atoms with Crippen molar-refractivity contribution >= 4 is 34.9 Å². The minimum atomic E-state index is -0.644. The van der Waals surface area contributed by atoms with Crippen molar-refractivity contribution in [1.29, 1.82) is 0 Å². The average Bonchev–Trinajstić information content (AvgIpc) is 2.86. The van der Waals surface area contributed by atoms with Crippen molar-refractivity contribution in [2.24, 2.45) is 0 Å². The summed E-state index contributed by atoms with van der Waals surface area (Å²) in [5, 5.41) is 12.9. The maximum absolute atomic E-state index is 13.4. The molecule has 8 heteroatoms. The number of benzene rings is 1. The number of anilines is 2. The van der Waals surface area contributed by atoms with Crippen LogP contribution < -0.4 is 10.6 Å². The quantitative estimate of drug-likeness (QED) is 0.714. The summed E-state index contributed by atoms with van der Waals surface area (Å²) in [6.45, 7) is 0. The molecule has 0 fully saturated rings. The summed E-state index contributed by atoms with van der Waals surface area (Å²) < 4.78 is 14.9. The number of nitrogens with one attached hydrogen (secondary N) is 2. The average molecular weight is 306 g/mol. The van der Waals surface area contributed by atoms with Gasteiger partial charge in [0.15, 0.2) is 5.65 Å². The highest BCUT2D eigenvalue weighted by atomic mass is 35.5. The third kappa shape index (κ3) is 2.63. The number of halogens is 2. The number of nitrogens with zero attached hydrogens (tertiary/aromatic N) is 3. The number of aromatic nitrogens is 3. The van der Waals surface area contributed by atoms with E-state index in [9.17, 15) is 9.18 Å². The summed E-state index contributed by atoms with van der Waals surface area (Å²) in [6.07, 6.45) is 0. The smallest absolute Gasteiger partial charge is 0.305 e. The minimum absolute atomic E-state index is 0.0647. The first-order valence-corrected chi connectivity index (χ1v) is 6.35. The van der Waals surface area contributed by atoms with E-state index in [2.05, 4.69) is 20.8 Å². The van der Waals surface area contributed by atoms with Crippen LogP contribution in [0.1, 0.15) is 0 Å². The van der Waals surface area contributed by atoms with E-state index in [1.807, 2.05) is 0 Å². The molecule has 0 radical (unpaired) electrons. The van der Waals surface area contributed by atoms with Gasteiger partial charge in [0, 0.05) is 0 Å². The number of fused-ring (bicyclic) bond motifs is 1. The van der Waals surface area contributed by atoms with Gasteiger partial charge >= 0.3 is 6.03 Å². The second-order valence-electron chi connectivity index (χ2n) is 4.12. The number of pyridine rings is 1. The fraction of sp³-hybridized carbons (Fsp3) is 0. The molecule has 0 saturated carbocycles. The van der Waals surface area contributed by atoms with Crippen LogP contribution in [0.25, 0.3) is 5.65 Å². The van der Waals surface area contributed by atoms with Crippen LogP contribution in [0.5, 0.6) is 0 Å². The predicted octanol–water partition coefficient (Wildman–Crippen LogP) is 3.17. The summed E-state index contributed by atoms with van der Waals surface area (Å²) in [5.41, 5.74) is 0.554. The van der Waals surface area contributed by atoms with Gasteiger partial charge in [0.05, 0.1) is 5.69 Å². The summed E-state index contributed by atoms with van der Waals surface area (Å²) >= 11 is 6.02. The van der Waals surface area contributed by atoms with Crippen LogP contribution in [0.15, 0.2) is 42.5 Å². The SMILES string of the molecule is O=C(Nc1ccccc1F)Nc1nnc2cccc(Cl)n12. The van der Waals surface area contributed by atoms with Gasteiger partial charge in [-0.05, 0) is 24.3 Å². The lowest BCUT2D eigenvalue weighted by Crippen LogP contribution is -2.21. The summed E-state index contributed by atoms with van der Waals surface area (Å²) in [7, 11) is 0. The van der Waals surface area contributed by atoms with E-state index in [1.54, 1.807) is 24.3 Å². The van der Waals surface area contributed by atoms with E-state index in [4.69, 9.17) is 11.6 Å². The molecule has 3 aromatic rings. The zero-order chi connectivity index (χ0) is 14.8. The lowest BCUT2D eigenvalue weighted by atomic mass is 10.3. The van der Waals surface area contributed by atoms with E-state index in [0.29, 0.717) is 10.8 Å². The van der Waals surface area contributed by atoms with Crippen LogP contribution in [-0.4, -0.2) is 20.6 Å². The first-order valence-electron chi connectivity index (χ1n) is 5.97. The molecule has 0 saturated heterocycles. The molecule has 2 aromatic heterocycles. The van der Waals surface area contributed by atoms with Gasteiger partial charge in [0.1, 0.15) is 11.0 Å². The van der Waals surface area contributed by atoms with Gasteiger partial charge < -0.3 is 5.32 Å². The molecule has 0 aliphatic rings. The first kappa shape index (κ1) is 13.3. The second-order valence-corrected chi connectivity index (χ2v) is 4.51. The van der Waals surface area contributed by atoms with E-state index >= 15 is 0 Å². The highest BCUT2D eigenvalue weighted by Crippen LogP contribution is 2.17. The third-order valence-electron chi connectivity index (χ3n) is 2.73. The molecular formula is C13H9ClFN5O. The van der Waals surface area contributed by atoms with Crippen molar-refractivity contribution in [2.45, 2.75) is 0 Å². The van der Waals surface area contributed by atoms with Crippen molar-refractivity contribution in [3.8, 4) is 0 Å². The largest absolute Gasteiger partial charge is 0.326 e. The number of hydrogen-bond donors (Lipinski definition) is 2. The Morgan fingerprint density at radius 3 is 2.71 bits per heavy atom. The minimum Gasteiger partial charge on any atom is -0.305 e. The van der Waals surface area contributed by atoms with E-state index < -0.39 is 11.8 Å². The zero-order valence-corrected chi connectivity index (χ0v) is 11.3. The molecule has 0 bridgehead atoms. The van der Waals surface area contributed by atoms with E-state index in [-0.39, 0.29) is 11.6 Å². The Labute approximate surface area is 123 Å². The van der Waals surface area contributed by atoms with Crippen molar-refractivity contribution in [3.05, 3.63) is 53.4 Å². The van der Waals surface area contributed by atoms with Gasteiger partial charge in [-0.3, -0.25) is 9.72 Å². The Morgan fingerprint density at radius 2 is 1.90 bits per heavy atom. The molecule has 3 rings (SSSR count). The van der Waals surface area contributed by atoms with Crippen molar-refractivity contribution in [3.63, 3.8) is 0 Å². The number of hydrogen-bond acceptors (Lipinski definition) is 3. The van der Waals surface area contributed by atoms with Crippen molar-refractivity contribution in [2.75, 3.05) is 10.6 Å². The van der Waals surface area contributed by atoms with Crippen LogP contribution >= 0.6 is 11.6 Å². The topological polar surface area (TPSA) is 71.3 Å². The summed E-state index contributed by atoms with van der Waals surface area (Å²) in [6, 6.07) is 10.2. The Kier molecular flexibility index (Phi) is 3.41. The van der Waals surface area contributed by atoms with Crippen LogP contribution in [0.3, 0.4) is 0 Å². The first-order chi connectivity index (χ1) is 10.1. The molecule has 1 aromatic carbocycles. The molecule has 0 aliphatic carbocycles. The lowest BCUT2D eigenvalue weighted by molar-refractivity contribution is 0.262. The molecule has 0 spiro atoms. The maximum Gasteiger partial charge on any atom is 0.326 e. The maximum atomic E-state index is 13.4. The second kappa shape index (κ2) is 5.37. The van der Waals surface area contributed by atoms with Crippen LogP contribution in [0.4, 0.5) is 20.8 Å². The molecule has 2 N–H and O–H groups in total. The Hall–Kier alpha value is -2.67. The van der Waals surface area contributed by atoms with Crippen LogP contribution in [-0.2, 0) is 0 Å². The van der Waals surface area contributed by atoms with Crippen molar-refractivity contribution in [1.82, 2.24) is 14.6 Å². The summed E-state index contributed by atoms with van der Waals surface area (Å²) in [5.74, 6) is -0.388. The number of carbonyl (C=O) groups excluding carboxylic acids is 1. The molecule has 2 amide bonds. The Balaban J connectivity index is 1.83. The third-order valence-corrected chi connectivity index (χ3v) is 3.02. The number of carbonyl (C=O) groups is 1. The molecule has 21 heavy (non-hydrogen) atoms. The van der Waals surface area contributed by atoms with Gasteiger partial charge in [0.25, 0.3) is 0 Å². The van der Waals surface area contributed by atoms with Crippen LogP contribution in [0.2, 0.25) is 5.15 Å². The zero-order valence-electron chi connectivity index (χ0n) is 10.5. The number of rotatable bonds is 2. The normalized spacial score (nSPS) is 10.6. The number of para-hydroxylation sites is 1. The molecular weight excluding hydrogens is 297 g/mol. The number of urea groups is 1.